The Morgan fingerprint density at radius 1 is 2.00 bits per heavy atom. The molecule has 0 fully saturated rings. The third-order valence-corrected chi connectivity index (χ3v) is 0.674. The van der Waals surface area contributed by atoms with Gasteiger partial charge in [0.25, 0.3) is 0 Å². The maximum absolute atomic E-state index is 9.66. The van der Waals surface area contributed by atoms with E-state index in [0.717, 1.165) is 0 Å². The Kier molecular flexibility index (Phi) is 2.05. The molecule has 0 aliphatic carbocycles. The summed E-state index contributed by atoms with van der Waals surface area (Å²) in [6.07, 6.45) is 1.29. The molecule has 0 aromatic heterocycles. The molecule has 40 valence electrons. The van der Waals surface area contributed by atoms with E-state index in [1.54, 1.807) is 0 Å². The van der Waals surface area contributed by atoms with E-state index >= 15 is 0 Å². The molecular formula is C4H7NO2. The molecule has 0 N–H and O–H groups in total. The first-order chi connectivity index (χ1) is 3.18. The van der Waals surface area contributed by atoms with Gasteiger partial charge in [-0.25, -0.2) is 0 Å². The quantitative estimate of drug-likeness (QED) is 0.294. The highest BCUT2D eigenvalue weighted by atomic mass is 16.6. The van der Waals surface area contributed by atoms with E-state index in [2.05, 4.69) is 6.58 Å². The molecule has 0 saturated carbocycles. The monoisotopic (exact) mass is 101 g/mol. The van der Waals surface area contributed by atoms with Gasteiger partial charge in [-0.3, -0.25) is 10.1 Å². The van der Waals surface area contributed by atoms with Crippen LogP contribution in [0.15, 0.2) is 12.7 Å². The van der Waals surface area contributed by atoms with Crippen molar-refractivity contribution < 1.29 is 4.92 Å². The minimum Gasteiger partial charge on any atom is -0.264 e. The Morgan fingerprint density at radius 2 is 2.43 bits per heavy atom. The van der Waals surface area contributed by atoms with Crippen molar-refractivity contribution in [2.24, 2.45) is 0 Å². The lowest BCUT2D eigenvalue weighted by Crippen LogP contribution is -2.09. The van der Waals surface area contributed by atoms with Gasteiger partial charge in [0.15, 0.2) is 0 Å². The molecule has 0 aliphatic rings. The Morgan fingerprint density at radius 3 is 2.43 bits per heavy atom. The predicted molar refractivity (Wildman–Crippen MR) is 26.7 cm³/mol. The second kappa shape index (κ2) is 2.34. The van der Waals surface area contributed by atoms with Gasteiger partial charge in [0.05, 0.1) is 0 Å². The predicted octanol–water partition coefficient (Wildman–Crippen LogP) is 0.838. The van der Waals surface area contributed by atoms with Gasteiger partial charge in [-0.2, -0.15) is 0 Å². The number of nitrogens with zero attached hydrogens (tertiary/aromatic N) is 1. The summed E-state index contributed by atoms with van der Waals surface area (Å²) in [5.41, 5.74) is 0. The number of nitro groups is 1. The largest absolute Gasteiger partial charge is 0.264 e. The molecule has 0 heterocycles. The summed E-state index contributed by atoms with van der Waals surface area (Å²) < 4.78 is 0. The third kappa shape index (κ3) is 1.92. The molecule has 1 unspecified atom stereocenters. The van der Waals surface area contributed by atoms with E-state index in [0.29, 0.717) is 0 Å². The van der Waals surface area contributed by atoms with E-state index in [1.807, 2.05) is 0 Å². The third-order valence-electron chi connectivity index (χ3n) is 0.674. The lowest BCUT2D eigenvalue weighted by molar-refractivity contribution is -0.504. The zero-order valence-electron chi connectivity index (χ0n) is 4.13. The molecule has 0 rings (SSSR count). The molecule has 1 atom stereocenters. The highest BCUT2D eigenvalue weighted by Crippen LogP contribution is 1.85. The Bertz CT molecular complexity index is 89.7. The van der Waals surface area contributed by atoms with Crippen molar-refractivity contribution in [1.82, 2.24) is 0 Å². The summed E-state index contributed by atoms with van der Waals surface area (Å²) >= 11 is 0. The number of rotatable bonds is 2. The minimum atomic E-state index is -0.611. The fourth-order valence-electron chi connectivity index (χ4n) is 0.0861. The summed E-state index contributed by atoms with van der Waals surface area (Å²) in [6, 6.07) is -0.611. The van der Waals surface area contributed by atoms with Crippen molar-refractivity contribution in [3.05, 3.63) is 22.8 Å². The van der Waals surface area contributed by atoms with Crippen LogP contribution in [0.4, 0.5) is 0 Å². The highest BCUT2D eigenvalue weighted by molar-refractivity contribution is 4.73. The van der Waals surface area contributed by atoms with Crippen LogP contribution in [-0.4, -0.2) is 11.0 Å². The molecule has 7 heavy (non-hydrogen) atoms. The first kappa shape index (κ1) is 6.14. The van der Waals surface area contributed by atoms with Crippen LogP contribution in [0.2, 0.25) is 0 Å². The van der Waals surface area contributed by atoms with Gasteiger partial charge in [0, 0.05) is 11.8 Å². The fourth-order valence-corrected chi connectivity index (χ4v) is 0.0861. The smallest absolute Gasteiger partial charge is 0.228 e. The number of hydrogen-bond donors (Lipinski definition) is 0. The Hall–Kier alpha value is -0.860. The van der Waals surface area contributed by atoms with E-state index in [1.165, 1.54) is 13.0 Å². The zero-order chi connectivity index (χ0) is 5.86. The van der Waals surface area contributed by atoms with Crippen LogP contribution in [0.25, 0.3) is 0 Å². The van der Waals surface area contributed by atoms with Gasteiger partial charge in [-0.15, -0.1) is 0 Å². The fraction of sp³-hybridized carbons (Fsp3) is 0.500. The normalized spacial score (nSPS) is 12.7. The molecule has 0 saturated heterocycles. The van der Waals surface area contributed by atoms with E-state index in [-0.39, 0.29) is 0 Å². The zero-order valence-corrected chi connectivity index (χ0v) is 4.13. The van der Waals surface area contributed by atoms with Crippen LogP contribution in [0.1, 0.15) is 6.92 Å². The molecule has 0 radical (unpaired) electrons. The molecule has 0 amide bonds. The number of hydrogen-bond acceptors (Lipinski definition) is 2. The van der Waals surface area contributed by atoms with Crippen LogP contribution in [0.5, 0.6) is 0 Å². The maximum Gasteiger partial charge on any atom is 0.228 e. The van der Waals surface area contributed by atoms with Crippen molar-refractivity contribution in [2.75, 3.05) is 0 Å². The Balaban J connectivity index is 3.55. The van der Waals surface area contributed by atoms with E-state index < -0.39 is 11.0 Å². The van der Waals surface area contributed by atoms with Crippen LogP contribution in [0.3, 0.4) is 0 Å². The van der Waals surface area contributed by atoms with Gasteiger partial charge in [-0.1, -0.05) is 6.58 Å². The lowest BCUT2D eigenvalue weighted by atomic mass is 10.4. The van der Waals surface area contributed by atoms with Crippen molar-refractivity contribution in [3.63, 3.8) is 0 Å². The van der Waals surface area contributed by atoms with Crippen molar-refractivity contribution in [2.45, 2.75) is 13.0 Å². The van der Waals surface area contributed by atoms with Crippen molar-refractivity contribution >= 4 is 0 Å². The van der Waals surface area contributed by atoms with Crippen molar-refractivity contribution in [1.29, 1.82) is 0 Å². The Labute approximate surface area is 41.8 Å². The van der Waals surface area contributed by atoms with Crippen molar-refractivity contribution in [3.8, 4) is 0 Å². The molecule has 3 heteroatoms. The van der Waals surface area contributed by atoms with E-state index in [4.69, 9.17) is 0 Å². The van der Waals surface area contributed by atoms with Crippen LogP contribution >= 0.6 is 0 Å². The summed E-state index contributed by atoms with van der Waals surface area (Å²) in [7, 11) is 0. The lowest BCUT2D eigenvalue weighted by Gasteiger charge is -1.90. The summed E-state index contributed by atoms with van der Waals surface area (Å²) in [4.78, 5) is 9.27. The van der Waals surface area contributed by atoms with Crippen LogP contribution in [-0.2, 0) is 0 Å². The second-order valence-corrected chi connectivity index (χ2v) is 1.26. The van der Waals surface area contributed by atoms with Crippen LogP contribution < -0.4 is 0 Å². The van der Waals surface area contributed by atoms with Crippen LogP contribution in [0, 0.1) is 10.1 Å². The van der Waals surface area contributed by atoms with Gasteiger partial charge in [-0.05, 0) is 6.08 Å². The summed E-state index contributed by atoms with van der Waals surface area (Å²) in [6.45, 7) is 4.72. The molecule has 0 aliphatic heterocycles. The minimum absolute atomic E-state index is 0.396. The highest BCUT2D eigenvalue weighted by Gasteiger charge is 2.03. The van der Waals surface area contributed by atoms with E-state index in [9.17, 15) is 10.1 Å². The first-order valence-electron chi connectivity index (χ1n) is 1.94. The summed E-state index contributed by atoms with van der Waals surface area (Å²) in [5.74, 6) is 0. The average Bonchev–Trinajstić information content (AvgIpc) is 1.65. The second-order valence-electron chi connectivity index (χ2n) is 1.26. The molecule has 0 spiro atoms. The average molecular weight is 101 g/mol. The molecule has 3 nitrogen and oxygen atoms in total. The SMILES string of the molecule is C=CC(C)[N+](=O)[O-]. The van der Waals surface area contributed by atoms with Gasteiger partial charge in [0.2, 0.25) is 6.04 Å². The standard InChI is InChI=1S/C4H7NO2/c1-3-4(2)5(6)7/h3-4H,1H2,2H3. The van der Waals surface area contributed by atoms with Gasteiger partial charge >= 0.3 is 0 Å². The topological polar surface area (TPSA) is 43.1 Å². The maximum atomic E-state index is 9.66. The van der Waals surface area contributed by atoms with Gasteiger partial charge in [0.1, 0.15) is 0 Å². The molecular weight excluding hydrogens is 94.0 g/mol. The van der Waals surface area contributed by atoms with Gasteiger partial charge < -0.3 is 0 Å². The first-order valence-corrected chi connectivity index (χ1v) is 1.94. The molecule has 0 bridgehead atoms. The molecule has 0 aromatic carbocycles. The molecule has 0 aromatic rings. The summed E-state index contributed by atoms with van der Waals surface area (Å²) in [5, 5.41) is 9.66.